The molecule has 10 heavy (non-hydrogen) atoms. The summed E-state index contributed by atoms with van der Waals surface area (Å²) in [4.78, 5) is 0. The molecule has 0 spiro atoms. The minimum absolute atomic E-state index is 0.0370. The van der Waals surface area contributed by atoms with Crippen molar-refractivity contribution in [2.45, 2.75) is 32.4 Å². The van der Waals surface area contributed by atoms with Gasteiger partial charge in [0.15, 0.2) is 0 Å². The summed E-state index contributed by atoms with van der Waals surface area (Å²) in [6.45, 7) is 6.92. The highest BCUT2D eigenvalue weighted by atomic mass is 35.7. The van der Waals surface area contributed by atoms with E-state index in [0.29, 0.717) is 0 Å². The van der Waals surface area contributed by atoms with Crippen molar-refractivity contribution in [2.75, 3.05) is 0 Å². The van der Waals surface area contributed by atoms with E-state index in [2.05, 4.69) is 0 Å². The van der Waals surface area contributed by atoms with Gasteiger partial charge in [-0.1, -0.05) is 13.8 Å². The number of hydrogen-bond acceptors (Lipinski definition) is 2. The summed E-state index contributed by atoms with van der Waals surface area (Å²) in [6, 6.07) is 0. The highest BCUT2D eigenvalue weighted by Gasteiger charge is 2.35. The van der Waals surface area contributed by atoms with Gasteiger partial charge in [0.2, 0.25) is 9.05 Å². The maximum Gasteiger partial charge on any atom is 0.238 e. The molecule has 0 aliphatic carbocycles. The van der Waals surface area contributed by atoms with Gasteiger partial charge in [0.05, 0.1) is 4.75 Å². The van der Waals surface area contributed by atoms with Crippen LogP contribution in [-0.4, -0.2) is 13.2 Å². The van der Waals surface area contributed by atoms with Crippen molar-refractivity contribution in [2.24, 2.45) is 5.92 Å². The van der Waals surface area contributed by atoms with Gasteiger partial charge in [-0.05, 0) is 19.8 Å². The van der Waals surface area contributed by atoms with Gasteiger partial charge in [0.1, 0.15) is 0 Å². The van der Waals surface area contributed by atoms with Crippen molar-refractivity contribution < 1.29 is 8.42 Å². The van der Waals surface area contributed by atoms with E-state index in [4.69, 9.17) is 10.7 Å². The van der Waals surface area contributed by atoms with Gasteiger partial charge in [0, 0.05) is 10.7 Å². The highest BCUT2D eigenvalue weighted by molar-refractivity contribution is 8.14. The first-order valence-electron chi connectivity index (χ1n) is 3.14. The first-order valence-corrected chi connectivity index (χ1v) is 5.44. The lowest BCUT2D eigenvalue weighted by atomic mass is 10.00. The van der Waals surface area contributed by atoms with Crippen LogP contribution in [0.5, 0.6) is 0 Å². The van der Waals surface area contributed by atoms with Gasteiger partial charge in [-0.25, -0.2) is 8.42 Å². The van der Waals surface area contributed by atoms with Crippen molar-refractivity contribution in [1.82, 2.24) is 0 Å². The molecular weight excluding hydrogens is 172 g/mol. The minimum Gasteiger partial charge on any atom is -0.212 e. The van der Waals surface area contributed by atoms with Crippen LogP contribution in [0.25, 0.3) is 0 Å². The molecule has 4 heteroatoms. The molecule has 0 aromatic rings. The second-order valence-corrected chi connectivity index (χ2v) is 6.34. The Balaban J connectivity index is 4.76. The Morgan fingerprint density at radius 3 is 1.60 bits per heavy atom. The molecule has 0 aliphatic heterocycles. The van der Waals surface area contributed by atoms with Crippen LogP contribution in [0, 0.1) is 5.92 Å². The number of rotatable bonds is 2. The molecule has 62 valence electrons. The number of hydrogen-bond donors (Lipinski definition) is 0. The molecule has 0 bridgehead atoms. The molecule has 0 aromatic carbocycles. The standard InChI is InChI=1S/C6H13ClO2S/c1-5(2)6(3,4)10(7,8)9/h5H,1-4H3. The minimum atomic E-state index is -3.43. The smallest absolute Gasteiger partial charge is 0.212 e. The second-order valence-electron chi connectivity index (χ2n) is 3.20. The van der Waals surface area contributed by atoms with Crippen LogP contribution in [0.3, 0.4) is 0 Å². The van der Waals surface area contributed by atoms with Gasteiger partial charge in [0.25, 0.3) is 0 Å². The summed E-state index contributed by atoms with van der Waals surface area (Å²) < 4.78 is 20.9. The monoisotopic (exact) mass is 184 g/mol. The molecule has 0 unspecified atom stereocenters. The molecule has 0 atom stereocenters. The van der Waals surface area contributed by atoms with E-state index in [1.807, 2.05) is 13.8 Å². The van der Waals surface area contributed by atoms with Crippen molar-refractivity contribution >= 4 is 19.7 Å². The molecule has 0 aromatic heterocycles. The summed E-state index contributed by atoms with van der Waals surface area (Å²) in [5.41, 5.74) is 0. The van der Waals surface area contributed by atoms with E-state index in [1.165, 1.54) is 0 Å². The molecule has 0 radical (unpaired) electrons. The molecule has 0 heterocycles. The zero-order valence-corrected chi connectivity index (χ0v) is 8.25. The molecule has 2 nitrogen and oxygen atoms in total. The van der Waals surface area contributed by atoms with Crippen LogP contribution < -0.4 is 0 Å². The lowest BCUT2D eigenvalue weighted by Crippen LogP contribution is -2.33. The zero-order chi connectivity index (χ0) is 8.58. The molecule has 0 N–H and O–H groups in total. The third kappa shape index (κ3) is 1.86. The lowest BCUT2D eigenvalue weighted by molar-refractivity contribution is 0.463. The molecule has 0 amide bonds. The van der Waals surface area contributed by atoms with E-state index in [0.717, 1.165) is 0 Å². The van der Waals surface area contributed by atoms with Crippen molar-refractivity contribution in [3.63, 3.8) is 0 Å². The fraction of sp³-hybridized carbons (Fsp3) is 1.00. The summed E-state index contributed by atoms with van der Waals surface area (Å²) in [6.07, 6.45) is 0. The van der Waals surface area contributed by atoms with Crippen LogP contribution in [0.2, 0.25) is 0 Å². The Bertz CT molecular complexity index is 204. The normalized spacial score (nSPS) is 14.2. The van der Waals surface area contributed by atoms with Crippen LogP contribution >= 0.6 is 10.7 Å². The Labute approximate surface area is 67.0 Å². The molecule has 0 saturated heterocycles. The van der Waals surface area contributed by atoms with Gasteiger partial charge in [-0.2, -0.15) is 0 Å². The van der Waals surface area contributed by atoms with E-state index < -0.39 is 13.8 Å². The van der Waals surface area contributed by atoms with Crippen LogP contribution in [0.15, 0.2) is 0 Å². The topological polar surface area (TPSA) is 34.1 Å². The maximum atomic E-state index is 10.9. The first kappa shape index (κ1) is 10.2. The van der Waals surface area contributed by atoms with Gasteiger partial charge >= 0.3 is 0 Å². The molecular formula is C6H13ClO2S. The third-order valence-electron chi connectivity index (χ3n) is 2.02. The second kappa shape index (κ2) is 2.70. The van der Waals surface area contributed by atoms with Gasteiger partial charge < -0.3 is 0 Å². The largest absolute Gasteiger partial charge is 0.238 e. The lowest BCUT2D eigenvalue weighted by Gasteiger charge is -2.24. The fourth-order valence-electron chi connectivity index (χ4n) is 0.282. The van der Waals surface area contributed by atoms with Crippen molar-refractivity contribution in [1.29, 1.82) is 0 Å². The quantitative estimate of drug-likeness (QED) is 0.616. The predicted octanol–water partition coefficient (Wildman–Crippen LogP) is 1.99. The van der Waals surface area contributed by atoms with E-state index in [1.54, 1.807) is 13.8 Å². The predicted molar refractivity (Wildman–Crippen MR) is 43.7 cm³/mol. The molecule has 0 aliphatic rings. The Morgan fingerprint density at radius 2 is 1.60 bits per heavy atom. The highest BCUT2D eigenvalue weighted by Crippen LogP contribution is 2.28. The summed E-state index contributed by atoms with van der Waals surface area (Å²) in [7, 11) is 1.76. The first-order chi connectivity index (χ1) is 4.19. The fourth-order valence-corrected chi connectivity index (χ4v) is 1.38. The summed E-state index contributed by atoms with van der Waals surface area (Å²) in [5, 5.41) is 0. The Morgan fingerprint density at radius 1 is 1.30 bits per heavy atom. The van der Waals surface area contributed by atoms with Crippen LogP contribution in [-0.2, 0) is 9.05 Å². The third-order valence-corrected chi connectivity index (χ3v) is 4.94. The van der Waals surface area contributed by atoms with E-state index >= 15 is 0 Å². The Kier molecular flexibility index (Phi) is 2.77. The average Bonchev–Trinajstić information content (AvgIpc) is 1.62. The van der Waals surface area contributed by atoms with Crippen LogP contribution in [0.4, 0.5) is 0 Å². The molecule has 0 saturated carbocycles. The van der Waals surface area contributed by atoms with E-state index in [-0.39, 0.29) is 5.92 Å². The van der Waals surface area contributed by atoms with Crippen molar-refractivity contribution in [3.8, 4) is 0 Å². The van der Waals surface area contributed by atoms with Crippen LogP contribution in [0.1, 0.15) is 27.7 Å². The average molecular weight is 185 g/mol. The summed E-state index contributed by atoms with van der Waals surface area (Å²) >= 11 is 0. The van der Waals surface area contributed by atoms with Gasteiger partial charge in [-0.15, -0.1) is 0 Å². The SMILES string of the molecule is CC(C)C(C)(C)S(=O)(=O)Cl. The van der Waals surface area contributed by atoms with E-state index in [9.17, 15) is 8.42 Å². The zero-order valence-electron chi connectivity index (χ0n) is 6.68. The van der Waals surface area contributed by atoms with Gasteiger partial charge in [-0.3, -0.25) is 0 Å². The number of halogens is 1. The molecule has 0 rings (SSSR count). The molecule has 0 fully saturated rings. The maximum absolute atomic E-state index is 10.9. The van der Waals surface area contributed by atoms with Crippen molar-refractivity contribution in [3.05, 3.63) is 0 Å². The Hall–Kier alpha value is 0.240. The summed E-state index contributed by atoms with van der Waals surface area (Å²) in [5.74, 6) is 0.0370.